The summed E-state index contributed by atoms with van der Waals surface area (Å²) in [5.41, 5.74) is 4.52. The number of amides is 1. The molecule has 1 amide bonds. The number of fused-ring (bicyclic) bond motifs is 2. The number of thioether (sulfide) groups is 1. The highest BCUT2D eigenvalue weighted by Gasteiger charge is 2.33. The van der Waals surface area contributed by atoms with E-state index in [2.05, 4.69) is 17.4 Å². The molecule has 6 rings (SSSR count). The lowest BCUT2D eigenvalue weighted by Crippen LogP contribution is -2.42. The van der Waals surface area contributed by atoms with Gasteiger partial charge < -0.3 is 19.4 Å². The number of para-hydroxylation sites is 2. The summed E-state index contributed by atoms with van der Waals surface area (Å²) in [6, 6.07) is 25.6. The predicted octanol–water partition coefficient (Wildman–Crippen LogP) is 6.96. The van der Waals surface area contributed by atoms with Crippen molar-refractivity contribution in [1.29, 1.82) is 0 Å². The van der Waals surface area contributed by atoms with E-state index in [0.717, 1.165) is 38.2 Å². The van der Waals surface area contributed by atoms with Crippen LogP contribution in [0.1, 0.15) is 33.4 Å². The lowest BCUT2D eigenvalue weighted by atomic mass is 10.0. The summed E-state index contributed by atoms with van der Waals surface area (Å²) in [5, 5.41) is 3.57. The first-order chi connectivity index (χ1) is 17.7. The molecule has 0 bridgehead atoms. The van der Waals surface area contributed by atoms with Crippen LogP contribution in [0.2, 0.25) is 0 Å². The highest BCUT2D eigenvalue weighted by molar-refractivity contribution is 8.00. The van der Waals surface area contributed by atoms with Gasteiger partial charge in [0.05, 0.1) is 35.7 Å². The Morgan fingerprint density at radius 3 is 2.78 bits per heavy atom. The fourth-order valence-corrected chi connectivity index (χ4v) is 6.47. The molecule has 1 N–H and O–H groups in total. The minimum atomic E-state index is -0.352. The number of benzene rings is 3. The van der Waals surface area contributed by atoms with Crippen LogP contribution in [-0.2, 0) is 12.3 Å². The van der Waals surface area contributed by atoms with Gasteiger partial charge in [0, 0.05) is 17.0 Å². The topological polar surface area (TPSA) is 67.6 Å². The van der Waals surface area contributed by atoms with Gasteiger partial charge >= 0.3 is 0 Å². The van der Waals surface area contributed by atoms with Gasteiger partial charge in [0.15, 0.2) is 4.34 Å². The molecule has 0 saturated carbocycles. The number of rotatable bonds is 7. The van der Waals surface area contributed by atoms with E-state index >= 15 is 0 Å². The third kappa shape index (κ3) is 4.34. The molecule has 180 valence electrons. The molecule has 5 aromatic rings. The lowest BCUT2D eigenvalue weighted by molar-refractivity contribution is 0.0651. The molecule has 3 heterocycles. The maximum atomic E-state index is 13.5. The number of hydrogen-bond donors (Lipinski definition) is 1. The summed E-state index contributed by atoms with van der Waals surface area (Å²) in [5.74, 6) is 2.21. The first-order valence-corrected chi connectivity index (χ1v) is 13.3. The molecule has 1 aliphatic heterocycles. The fraction of sp³-hybridized carbons (Fsp3) is 0.143. The van der Waals surface area contributed by atoms with Crippen molar-refractivity contribution in [2.45, 2.75) is 22.8 Å². The molecule has 1 atom stereocenters. The van der Waals surface area contributed by atoms with Crippen LogP contribution in [0.4, 0.5) is 5.69 Å². The minimum absolute atomic E-state index is 0.0352. The van der Waals surface area contributed by atoms with Crippen molar-refractivity contribution in [3.63, 3.8) is 0 Å². The zero-order chi connectivity index (χ0) is 24.5. The van der Waals surface area contributed by atoms with Crippen LogP contribution in [0, 0.1) is 0 Å². The Bertz CT molecular complexity index is 1500. The van der Waals surface area contributed by atoms with E-state index in [0.29, 0.717) is 17.9 Å². The second-order valence-corrected chi connectivity index (χ2v) is 10.7. The van der Waals surface area contributed by atoms with Crippen molar-refractivity contribution in [2.24, 2.45) is 0 Å². The maximum Gasteiger partial charge on any atom is 0.258 e. The molecule has 0 radical (unpaired) electrons. The second kappa shape index (κ2) is 9.72. The third-order valence-electron chi connectivity index (χ3n) is 6.17. The van der Waals surface area contributed by atoms with Gasteiger partial charge in [0.1, 0.15) is 17.7 Å². The number of nitrogens with one attached hydrogen (secondary N) is 1. The van der Waals surface area contributed by atoms with Gasteiger partial charge in [-0.2, -0.15) is 0 Å². The van der Waals surface area contributed by atoms with Gasteiger partial charge in [-0.15, -0.1) is 11.3 Å². The fourth-order valence-electron chi connectivity index (χ4n) is 4.42. The molecule has 0 fully saturated rings. The summed E-state index contributed by atoms with van der Waals surface area (Å²) in [4.78, 5) is 20.1. The molecule has 0 aliphatic carbocycles. The summed E-state index contributed by atoms with van der Waals surface area (Å²) in [6.45, 7) is 0.361. The van der Waals surface area contributed by atoms with Gasteiger partial charge in [0.2, 0.25) is 0 Å². The molecule has 8 heteroatoms. The average Bonchev–Trinajstić information content (AvgIpc) is 3.58. The first kappa shape index (κ1) is 22.7. The van der Waals surface area contributed by atoms with Crippen molar-refractivity contribution in [3.05, 3.63) is 108 Å². The Labute approximate surface area is 216 Å². The Balaban J connectivity index is 1.32. The highest BCUT2D eigenvalue weighted by Crippen LogP contribution is 2.38. The number of nitrogens with zero attached hydrogens (tertiary/aromatic N) is 2. The Kier molecular flexibility index (Phi) is 6.13. The quantitative estimate of drug-likeness (QED) is 0.237. The summed E-state index contributed by atoms with van der Waals surface area (Å²) < 4.78 is 13.5. The second-order valence-electron chi connectivity index (χ2n) is 8.41. The number of carbonyl (C=O) groups is 1. The van der Waals surface area contributed by atoms with Crippen molar-refractivity contribution in [2.75, 3.05) is 12.4 Å². The number of anilines is 1. The zero-order valence-corrected chi connectivity index (χ0v) is 21.1. The Morgan fingerprint density at radius 2 is 1.94 bits per heavy atom. The van der Waals surface area contributed by atoms with Crippen LogP contribution in [0.5, 0.6) is 5.75 Å². The normalized spacial score (nSPS) is 15.1. The molecule has 0 unspecified atom stereocenters. The number of carbonyl (C=O) groups excluding carboxylic acids is 1. The number of methoxy groups -OCH3 is 1. The zero-order valence-electron chi connectivity index (χ0n) is 19.5. The smallest absolute Gasteiger partial charge is 0.258 e. The van der Waals surface area contributed by atoms with E-state index < -0.39 is 0 Å². The SMILES string of the molecule is COc1ccc([C@@H]2Nc3ccccc3C(=O)N2Cc2ccco2)cc1CSc1nc2ccccc2s1. The van der Waals surface area contributed by atoms with Crippen LogP contribution < -0.4 is 10.1 Å². The predicted molar refractivity (Wildman–Crippen MR) is 144 cm³/mol. The molecule has 6 nitrogen and oxygen atoms in total. The largest absolute Gasteiger partial charge is 0.496 e. The number of ether oxygens (including phenoxy) is 1. The molecule has 0 saturated heterocycles. The molecule has 1 aliphatic rings. The number of aromatic nitrogens is 1. The first-order valence-electron chi connectivity index (χ1n) is 11.5. The molecule has 0 spiro atoms. The van der Waals surface area contributed by atoms with Gasteiger partial charge in [-0.25, -0.2) is 4.98 Å². The number of hydrogen-bond acceptors (Lipinski definition) is 7. The molecular formula is C28H23N3O3S2. The van der Waals surface area contributed by atoms with Crippen LogP contribution >= 0.6 is 23.1 Å². The summed E-state index contributed by atoms with van der Waals surface area (Å²) in [7, 11) is 1.68. The van der Waals surface area contributed by atoms with E-state index in [1.165, 1.54) is 4.70 Å². The van der Waals surface area contributed by atoms with E-state index in [1.54, 1.807) is 36.5 Å². The number of furan rings is 1. The van der Waals surface area contributed by atoms with Crippen LogP contribution in [0.15, 0.2) is 93.9 Å². The van der Waals surface area contributed by atoms with E-state index in [9.17, 15) is 4.79 Å². The third-order valence-corrected chi connectivity index (χ3v) is 8.40. The lowest BCUT2D eigenvalue weighted by Gasteiger charge is -2.38. The van der Waals surface area contributed by atoms with Gasteiger partial charge in [-0.1, -0.05) is 42.1 Å². The average molecular weight is 514 g/mol. The van der Waals surface area contributed by atoms with Gasteiger partial charge in [-0.3, -0.25) is 4.79 Å². The van der Waals surface area contributed by atoms with Gasteiger partial charge in [0.25, 0.3) is 5.91 Å². The van der Waals surface area contributed by atoms with Crippen LogP contribution in [0.3, 0.4) is 0 Å². The standard InChI is InChI=1S/C28H23N3O3S2/c1-33-24-13-12-18(15-19(24)17-35-28-30-23-10-4-5-11-25(23)36-28)26-29-22-9-3-2-8-21(22)27(32)31(26)16-20-7-6-14-34-20/h2-15,26,29H,16-17H2,1H3/t26-/m1/s1. The maximum absolute atomic E-state index is 13.5. The molecule has 3 aromatic carbocycles. The molecule has 36 heavy (non-hydrogen) atoms. The monoisotopic (exact) mass is 513 g/mol. The number of thiazole rings is 1. The van der Waals surface area contributed by atoms with E-state index in [-0.39, 0.29) is 12.1 Å². The Hall–Kier alpha value is -3.75. The van der Waals surface area contributed by atoms with Crippen molar-refractivity contribution < 1.29 is 13.9 Å². The highest BCUT2D eigenvalue weighted by atomic mass is 32.2. The van der Waals surface area contributed by atoms with Crippen molar-refractivity contribution in [3.8, 4) is 5.75 Å². The summed E-state index contributed by atoms with van der Waals surface area (Å²) in [6.07, 6.45) is 1.28. The van der Waals surface area contributed by atoms with Gasteiger partial charge in [-0.05, 0) is 54.1 Å². The van der Waals surface area contributed by atoms with E-state index in [1.807, 2.05) is 71.6 Å². The van der Waals surface area contributed by atoms with Crippen molar-refractivity contribution in [1.82, 2.24) is 9.88 Å². The van der Waals surface area contributed by atoms with E-state index in [4.69, 9.17) is 14.1 Å². The van der Waals surface area contributed by atoms with Crippen LogP contribution in [-0.4, -0.2) is 22.9 Å². The minimum Gasteiger partial charge on any atom is -0.496 e. The Morgan fingerprint density at radius 1 is 1.08 bits per heavy atom. The molecule has 2 aromatic heterocycles. The van der Waals surface area contributed by atoms with Crippen molar-refractivity contribution >= 4 is 44.9 Å². The van der Waals surface area contributed by atoms with Crippen LogP contribution in [0.25, 0.3) is 10.2 Å². The molecular weight excluding hydrogens is 490 g/mol. The summed E-state index contributed by atoms with van der Waals surface area (Å²) >= 11 is 3.38.